The zero-order chi connectivity index (χ0) is 11.4. The van der Waals surface area contributed by atoms with E-state index in [0.29, 0.717) is 12.3 Å². The zero-order valence-electron chi connectivity index (χ0n) is 9.29. The minimum absolute atomic E-state index is 0.00748. The molecule has 2 nitrogen and oxygen atoms in total. The molecule has 2 rings (SSSR count). The van der Waals surface area contributed by atoms with Crippen molar-refractivity contribution in [3.8, 4) is 0 Å². The highest BCUT2D eigenvalue weighted by Gasteiger charge is 2.20. The lowest BCUT2D eigenvalue weighted by atomic mass is 9.85. The molecule has 1 aliphatic carbocycles. The van der Waals surface area contributed by atoms with Crippen molar-refractivity contribution in [2.45, 2.75) is 38.5 Å². The molecule has 1 aromatic rings. The van der Waals surface area contributed by atoms with Gasteiger partial charge >= 0.3 is 0 Å². The first-order chi connectivity index (χ1) is 7.77. The van der Waals surface area contributed by atoms with E-state index in [2.05, 4.69) is 4.98 Å². The molecule has 1 aromatic heterocycles. The molecule has 0 atom stereocenters. The summed E-state index contributed by atoms with van der Waals surface area (Å²) in [4.78, 5) is 15.7. The Morgan fingerprint density at radius 1 is 1.38 bits per heavy atom. The molecule has 86 valence electrons. The summed E-state index contributed by atoms with van der Waals surface area (Å²) in [7, 11) is 0. The molecule has 0 amide bonds. The molecule has 16 heavy (non-hydrogen) atoms. The van der Waals surface area contributed by atoms with E-state index in [1.54, 1.807) is 0 Å². The van der Waals surface area contributed by atoms with E-state index in [1.807, 2.05) is 0 Å². The third-order valence-electron chi connectivity index (χ3n) is 3.22. The molecule has 0 saturated heterocycles. The highest BCUT2D eigenvalue weighted by Crippen LogP contribution is 2.27. The van der Waals surface area contributed by atoms with Gasteiger partial charge < -0.3 is 0 Å². The van der Waals surface area contributed by atoms with Gasteiger partial charge in [0.1, 0.15) is 5.69 Å². The third-order valence-corrected chi connectivity index (χ3v) is 3.22. The van der Waals surface area contributed by atoms with Crippen molar-refractivity contribution in [2.24, 2.45) is 5.92 Å². The van der Waals surface area contributed by atoms with Crippen LogP contribution in [0.2, 0.25) is 0 Å². The van der Waals surface area contributed by atoms with Crippen LogP contribution in [0, 0.1) is 11.7 Å². The number of ketones is 1. The summed E-state index contributed by atoms with van der Waals surface area (Å²) in [5.41, 5.74) is 0.00748. The van der Waals surface area contributed by atoms with Gasteiger partial charge in [-0.3, -0.25) is 9.78 Å². The molecule has 0 spiro atoms. The lowest BCUT2D eigenvalue weighted by Crippen LogP contribution is -2.14. The summed E-state index contributed by atoms with van der Waals surface area (Å²) >= 11 is 0. The molecule has 0 N–H and O–H groups in total. The Labute approximate surface area is 94.9 Å². The van der Waals surface area contributed by atoms with Gasteiger partial charge in [-0.2, -0.15) is 0 Å². The van der Waals surface area contributed by atoms with Crippen LogP contribution < -0.4 is 0 Å². The predicted molar refractivity (Wildman–Crippen MR) is 59.7 cm³/mol. The average molecular weight is 221 g/mol. The molecular formula is C13H16FNO. The number of pyridine rings is 1. The Kier molecular flexibility index (Phi) is 3.65. The normalized spacial score (nSPS) is 17.3. The van der Waals surface area contributed by atoms with Gasteiger partial charge in [0.05, 0.1) is 0 Å². The predicted octanol–water partition coefficient (Wildman–Crippen LogP) is 3.37. The van der Waals surface area contributed by atoms with Gasteiger partial charge in [-0.15, -0.1) is 0 Å². The largest absolute Gasteiger partial charge is 0.292 e. The van der Waals surface area contributed by atoms with Gasteiger partial charge in [0.2, 0.25) is 0 Å². The molecule has 1 saturated carbocycles. The van der Waals surface area contributed by atoms with Crippen molar-refractivity contribution >= 4 is 5.78 Å². The number of aromatic nitrogens is 1. The lowest BCUT2D eigenvalue weighted by molar-refractivity contribution is 0.0941. The molecule has 1 fully saturated rings. The maximum atomic E-state index is 13.3. The van der Waals surface area contributed by atoms with Gasteiger partial charge in [-0.05, 0) is 18.1 Å². The summed E-state index contributed by atoms with van der Waals surface area (Å²) in [5, 5.41) is 0. The van der Waals surface area contributed by atoms with Crippen molar-refractivity contribution in [3.63, 3.8) is 0 Å². The van der Waals surface area contributed by atoms with E-state index in [0.717, 1.165) is 12.8 Å². The number of carbonyl (C=O) groups excluding carboxylic acids is 1. The molecule has 0 radical (unpaired) electrons. The maximum absolute atomic E-state index is 13.3. The van der Waals surface area contributed by atoms with Gasteiger partial charge in [-0.1, -0.05) is 32.1 Å². The second-order valence-electron chi connectivity index (χ2n) is 4.47. The quantitative estimate of drug-likeness (QED) is 0.732. The van der Waals surface area contributed by atoms with Gasteiger partial charge in [0.25, 0.3) is 0 Å². The maximum Gasteiger partial charge on any atom is 0.184 e. The Bertz CT molecular complexity index is 372. The van der Waals surface area contributed by atoms with E-state index in [4.69, 9.17) is 0 Å². The van der Waals surface area contributed by atoms with E-state index < -0.39 is 5.82 Å². The smallest absolute Gasteiger partial charge is 0.184 e. The van der Waals surface area contributed by atoms with E-state index in [1.165, 1.54) is 37.6 Å². The molecule has 0 bridgehead atoms. The first-order valence-corrected chi connectivity index (χ1v) is 5.91. The fourth-order valence-corrected chi connectivity index (χ4v) is 2.34. The van der Waals surface area contributed by atoms with Gasteiger partial charge in [0.15, 0.2) is 11.6 Å². The molecule has 0 aromatic carbocycles. The number of halogens is 1. The second kappa shape index (κ2) is 5.19. The van der Waals surface area contributed by atoms with Crippen molar-refractivity contribution in [3.05, 3.63) is 29.8 Å². The molecular weight excluding hydrogens is 205 g/mol. The minimum atomic E-state index is -0.497. The topological polar surface area (TPSA) is 30.0 Å². The van der Waals surface area contributed by atoms with E-state index >= 15 is 0 Å². The number of carbonyl (C=O) groups is 1. The third kappa shape index (κ3) is 2.65. The molecule has 1 heterocycles. The standard InChI is InChI=1S/C13H16FNO/c14-11-7-4-8-15-13(11)12(16)9-10-5-2-1-3-6-10/h4,7-8,10H,1-3,5-6,9H2. The Morgan fingerprint density at radius 2 is 2.12 bits per heavy atom. The van der Waals surface area contributed by atoms with Crippen LogP contribution in [0.1, 0.15) is 49.0 Å². The van der Waals surface area contributed by atoms with Crippen molar-refractivity contribution in [1.29, 1.82) is 0 Å². The van der Waals surface area contributed by atoms with E-state index in [9.17, 15) is 9.18 Å². The summed E-state index contributed by atoms with van der Waals surface area (Å²) in [5.74, 6) is -0.212. The van der Waals surface area contributed by atoms with Crippen LogP contribution in [0.3, 0.4) is 0 Å². The summed E-state index contributed by atoms with van der Waals surface area (Å²) in [6.45, 7) is 0. The van der Waals surface area contributed by atoms with Gasteiger partial charge in [0, 0.05) is 12.6 Å². The van der Waals surface area contributed by atoms with Gasteiger partial charge in [-0.25, -0.2) is 4.39 Å². The van der Waals surface area contributed by atoms with Crippen LogP contribution in [-0.2, 0) is 0 Å². The highest BCUT2D eigenvalue weighted by molar-refractivity contribution is 5.94. The molecule has 0 unspecified atom stereocenters. The Balaban J connectivity index is 2.00. The molecule has 3 heteroatoms. The van der Waals surface area contributed by atoms with Crippen molar-refractivity contribution in [2.75, 3.05) is 0 Å². The minimum Gasteiger partial charge on any atom is -0.292 e. The Hall–Kier alpha value is -1.25. The number of Topliss-reactive ketones (excluding diaryl/α,β-unsaturated/α-hetero) is 1. The highest BCUT2D eigenvalue weighted by atomic mass is 19.1. The lowest BCUT2D eigenvalue weighted by Gasteiger charge is -2.20. The number of nitrogens with zero attached hydrogens (tertiary/aromatic N) is 1. The summed E-state index contributed by atoms with van der Waals surface area (Å²) in [6, 6.07) is 2.80. The summed E-state index contributed by atoms with van der Waals surface area (Å²) < 4.78 is 13.3. The monoisotopic (exact) mass is 221 g/mol. The first kappa shape index (κ1) is 11.2. The van der Waals surface area contributed by atoms with E-state index in [-0.39, 0.29) is 11.5 Å². The zero-order valence-corrected chi connectivity index (χ0v) is 9.29. The van der Waals surface area contributed by atoms with Crippen LogP contribution >= 0.6 is 0 Å². The first-order valence-electron chi connectivity index (χ1n) is 5.91. The molecule has 0 aliphatic heterocycles. The van der Waals surface area contributed by atoms with Crippen LogP contribution in [0.5, 0.6) is 0 Å². The van der Waals surface area contributed by atoms with Crippen molar-refractivity contribution < 1.29 is 9.18 Å². The molecule has 1 aliphatic rings. The fraction of sp³-hybridized carbons (Fsp3) is 0.538. The SMILES string of the molecule is O=C(CC1CCCCC1)c1ncccc1F. The second-order valence-corrected chi connectivity index (χ2v) is 4.47. The number of hydrogen-bond donors (Lipinski definition) is 0. The number of rotatable bonds is 3. The van der Waals surface area contributed by atoms with Crippen LogP contribution in [0.15, 0.2) is 18.3 Å². The van der Waals surface area contributed by atoms with Crippen LogP contribution in [0.4, 0.5) is 4.39 Å². The Morgan fingerprint density at radius 3 is 2.81 bits per heavy atom. The summed E-state index contributed by atoms with van der Waals surface area (Å²) in [6.07, 6.45) is 7.78. The number of hydrogen-bond acceptors (Lipinski definition) is 2. The average Bonchev–Trinajstić information content (AvgIpc) is 2.31. The fourth-order valence-electron chi connectivity index (χ4n) is 2.34. The van der Waals surface area contributed by atoms with Crippen LogP contribution in [0.25, 0.3) is 0 Å². The van der Waals surface area contributed by atoms with Crippen LogP contribution in [-0.4, -0.2) is 10.8 Å². The van der Waals surface area contributed by atoms with Crippen molar-refractivity contribution in [1.82, 2.24) is 4.98 Å².